The molecule has 0 spiro atoms. The summed E-state index contributed by atoms with van der Waals surface area (Å²) in [4.78, 5) is 0. The van der Waals surface area contributed by atoms with Crippen LogP contribution < -0.4 is 5.32 Å². The predicted octanol–water partition coefficient (Wildman–Crippen LogP) is 0.370. The zero-order chi connectivity index (χ0) is 6.10. The molecule has 0 radical (unpaired) electrons. The van der Waals surface area contributed by atoms with Crippen LogP contribution in [0.15, 0.2) is 0 Å². The monoisotopic (exact) mass is 144 g/mol. The molecule has 3 rings (SSSR count). The molecule has 0 unspecified atom stereocenters. The average Bonchev–Trinajstić information content (AvgIpc) is 2.21. The molecule has 2 bridgehead atoms. The van der Waals surface area contributed by atoms with Crippen LogP contribution in [0.1, 0.15) is 12.8 Å². The van der Waals surface area contributed by atoms with Crippen molar-refractivity contribution in [1.82, 2.24) is 5.32 Å². The topological polar surface area (TPSA) is 12.0 Å². The highest BCUT2D eigenvalue weighted by Crippen LogP contribution is 2.17. The third kappa shape index (κ3) is 1.24. The van der Waals surface area contributed by atoms with Crippen molar-refractivity contribution >= 4 is 10.9 Å². The van der Waals surface area contributed by atoms with Crippen molar-refractivity contribution in [2.24, 2.45) is 0 Å². The minimum Gasteiger partial charge on any atom is -0.309 e. The Labute approximate surface area is 59.6 Å². The lowest BCUT2D eigenvalue weighted by molar-refractivity contribution is 0.511. The predicted molar refractivity (Wildman–Crippen MR) is 43.0 cm³/mol. The average molecular weight is 144 g/mol. The van der Waals surface area contributed by atoms with Gasteiger partial charge in [-0.3, -0.25) is 0 Å². The minimum atomic E-state index is 0.834. The molecule has 0 amide bonds. The molecule has 9 heavy (non-hydrogen) atoms. The van der Waals surface area contributed by atoms with E-state index < -0.39 is 0 Å². The van der Waals surface area contributed by atoms with Gasteiger partial charge < -0.3 is 5.32 Å². The van der Waals surface area contributed by atoms with Crippen molar-refractivity contribution in [2.75, 3.05) is 23.8 Å². The summed E-state index contributed by atoms with van der Waals surface area (Å²) in [5.41, 5.74) is 0. The van der Waals surface area contributed by atoms with Crippen LogP contribution in [0.3, 0.4) is 0 Å². The van der Waals surface area contributed by atoms with Crippen molar-refractivity contribution < 1.29 is 0 Å². The van der Waals surface area contributed by atoms with Gasteiger partial charge in [0.25, 0.3) is 0 Å². The summed E-state index contributed by atoms with van der Waals surface area (Å²) in [6.07, 6.45) is 2.92. The molecule has 3 heterocycles. The van der Waals surface area contributed by atoms with E-state index in [9.17, 15) is 0 Å². The third-order valence-electron chi connectivity index (χ3n) is 2.33. The van der Waals surface area contributed by atoms with Crippen molar-refractivity contribution in [3.8, 4) is 0 Å². The van der Waals surface area contributed by atoms with Gasteiger partial charge >= 0.3 is 0 Å². The Bertz CT molecular complexity index is 79.6. The fraction of sp³-hybridized carbons (Fsp3) is 1.00. The molecule has 52 valence electrons. The van der Waals surface area contributed by atoms with Gasteiger partial charge in [0.15, 0.2) is 0 Å². The van der Waals surface area contributed by atoms with Gasteiger partial charge in [-0.25, -0.2) is 0 Å². The molecule has 0 aromatic heterocycles. The lowest BCUT2D eigenvalue weighted by atomic mass is 10.2. The molecule has 3 aliphatic rings. The second-order valence-electron chi connectivity index (χ2n) is 2.95. The molecular weight excluding hydrogens is 130 g/mol. The minimum absolute atomic E-state index is 0.834. The zero-order valence-electron chi connectivity index (χ0n) is 5.73. The molecule has 0 atom stereocenters. The van der Waals surface area contributed by atoms with Crippen LogP contribution >= 0.6 is 0 Å². The van der Waals surface area contributed by atoms with Crippen molar-refractivity contribution in [2.45, 2.75) is 18.9 Å². The van der Waals surface area contributed by atoms with E-state index in [2.05, 4.69) is 5.32 Å². The van der Waals surface area contributed by atoms with Gasteiger partial charge in [-0.05, 0) is 10.9 Å². The Kier molecular flexibility index (Phi) is 1.68. The van der Waals surface area contributed by atoms with Crippen LogP contribution in [0.25, 0.3) is 0 Å². The molecule has 0 aromatic rings. The van der Waals surface area contributed by atoms with E-state index >= 15 is 0 Å². The van der Waals surface area contributed by atoms with E-state index in [1.54, 1.807) is 0 Å². The van der Waals surface area contributed by atoms with Crippen LogP contribution in [0.2, 0.25) is 0 Å². The highest BCUT2D eigenvalue weighted by molar-refractivity contribution is 7.96. The van der Waals surface area contributed by atoms with Gasteiger partial charge in [-0.2, -0.15) is 0 Å². The summed E-state index contributed by atoms with van der Waals surface area (Å²) in [6, 6.07) is 0.899. The highest BCUT2D eigenvalue weighted by Gasteiger charge is 2.30. The van der Waals surface area contributed by atoms with E-state index in [-0.39, 0.29) is 0 Å². The van der Waals surface area contributed by atoms with Crippen LogP contribution in [0.5, 0.6) is 0 Å². The van der Waals surface area contributed by atoms with Crippen molar-refractivity contribution in [3.63, 3.8) is 0 Å². The quantitative estimate of drug-likeness (QED) is 0.484. The summed E-state index contributed by atoms with van der Waals surface area (Å²) < 4.78 is 0. The maximum atomic E-state index is 3.58. The highest BCUT2D eigenvalue weighted by atomic mass is 32.2. The lowest BCUT2D eigenvalue weighted by Gasteiger charge is -2.16. The molecule has 1 nitrogen and oxygen atoms in total. The van der Waals surface area contributed by atoms with E-state index in [0.29, 0.717) is 0 Å². The first-order chi connectivity index (χ1) is 4.45. The number of hydrogen-bond donors (Lipinski definition) is 1. The van der Waals surface area contributed by atoms with E-state index in [0.717, 1.165) is 16.9 Å². The van der Waals surface area contributed by atoms with Gasteiger partial charge in [0.2, 0.25) is 0 Å². The Morgan fingerprint density at radius 1 is 1.11 bits per heavy atom. The Morgan fingerprint density at radius 2 is 1.89 bits per heavy atom. The number of rotatable bonds is 0. The Hall–Kier alpha value is 0.310. The van der Waals surface area contributed by atoms with E-state index in [1.807, 2.05) is 0 Å². The van der Waals surface area contributed by atoms with Gasteiger partial charge in [0.05, 0.1) is 0 Å². The normalized spacial score (nSPS) is 42.7. The smallest absolute Gasteiger partial charge is 0.120 e. The van der Waals surface area contributed by atoms with Crippen LogP contribution in [-0.2, 0) is 10.9 Å². The standard InChI is InChI=1S/C7H14NS/c1-4-9-5-2-7(1)8-3-6-9/h7-8H,1-6H2/q+1. The Balaban J connectivity index is 2.03. The first-order valence-corrected chi connectivity index (χ1v) is 5.56. The summed E-state index contributed by atoms with van der Waals surface area (Å²) >= 11 is 0. The second-order valence-corrected chi connectivity index (χ2v) is 5.40. The maximum absolute atomic E-state index is 3.58. The second kappa shape index (κ2) is 2.51. The van der Waals surface area contributed by atoms with Gasteiger partial charge in [0.1, 0.15) is 17.3 Å². The van der Waals surface area contributed by atoms with Crippen LogP contribution in [-0.4, -0.2) is 29.8 Å². The SMILES string of the molecule is C1C[S+]2CCC(CC2)N1. The summed E-state index contributed by atoms with van der Waals surface area (Å²) in [5.74, 6) is 4.52. The van der Waals surface area contributed by atoms with Crippen molar-refractivity contribution in [1.29, 1.82) is 0 Å². The first kappa shape index (κ1) is 6.05. The Morgan fingerprint density at radius 3 is 2.67 bits per heavy atom. The van der Waals surface area contributed by atoms with E-state index in [1.165, 1.54) is 36.6 Å². The molecule has 0 aliphatic carbocycles. The molecule has 3 fully saturated rings. The van der Waals surface area contributed by atoms with E-state index in [4.69, 9.17) is 0 Å². The largest absolute Gasteiger partial charge is 0.309 e. The molecule has 3 saturated heterocycles. The van der Waals surface area contributed by atoms with Gasteiger partial charge in [0, 0.05) is 25.4 Å². The summed E-state index contributed by atoms with van der Waals surface area (Å²) in [5, 5.41) is 3.58. The van der Waals surface area contributed by atoms with Gasteiger partial charge in [-0.1, -0.05) is 0 Å². The molecule has 1 N–H and O–H groups in total. The zero-order valence-corrected chi connectivity index (χ0v) is 6.54. The fourth-order valence-corrected chi connectivity index (χ4v) is 3.93. The molecule has 0 aromatic carbocycles. The lowest BCUT2D eigenvalue weighted by Crippen LogP contribution is -2.31. The summed E-state index contributed by atoms with van der Waals surface area (Å²) in [7, 11) is 0.834. The molecule has 2 heteroatoms. The first-order valence-electron chi connectivity index (χ1n) is 3.82. The molecule has 3 aliphatic heterocycles. The number of fused-ring (bicyclic) bond motifs is 4. The van der Waals surface area contributed by atoms with Crippen molar-refractivity contribution in [3.05, 3.63) is 0 Å². The van der Waals surface area contributed by atoms with Crippen LogP contribution in [0.4, 0.5) is 0 Å². The van der Waals surface area contributed by atoms with Gasteiger partial charge in [-0.15, -0.1) is 0 Å². The third-order valence-corrected chi connectivity index (χ3v) is 4.74. The number of hydrogen-bond acceptors (Lipinski definition) is 1. The maximum Gasteiger partial charge on any atom is 0.120 e. The fourth-order valence-electron chi connectivity index (χ4n) is 1.68. The molecular formula is C7H14NS+. The number of nitrogens with one attached hydrogen (secondary N) is 1. The summed E-state index contributed by atoms with van der Waals surface area (Å²) in [6.45, 7) is 1.30. The molecule has 0 saturated carbocycles. The van der Waals surface area contributed by atoms with Crippen LogP contribution in [0, 0.1) is 0 Å².